The first kappa shape index (κ1) is 20.5. The highest BCUT2D eigenvalue weighted by Crippen LogP contribution is 2.42. The summed E-state index contributed by atoms with van der Waals surface area (Å²) in [5.41, 5.74) is 7.08. The number of hydrogen-bond donors (Lipinski definition) is 1. The van der Waals surface area contributed by atoms with Gasteiger partial charge in [0.2, 0.25) is 0 Å². The van der Waals surface area contributed by atoms with Crippen molar-refractivity contribution in [3.8, 4) is 21.9 Å². The Morgan fingerprint density at radius 3 is 2.97 bits per heavy atom. The molecule has 6 nitrogen and oxygen atoms in total. The van der Waals surface area contributed by atoms with Gasteiger partial charge in [0.05, 0.1) is 23.7 Å². The van der Waals surface area contributed by atoms with Crippen LogP contribution in [-0.4, -0.2) is 24.2 Å². The van der Waals surface area contributed by atoms with Gasteiger partial charge < -0.3 is 9.47 Å². The molecule has 0 radical (unpaired) electrons. The van der Waals surface area contributed by atoms with Gasteiger partial charge in [-0.3, -0.25) is 4.79 Å². The van der Waals surface area contributed by atoms with Crippen LogP contribution in [0.25, 0.3) is 21.3 Å². The lowest BCUT2D eigenvalue weighted by Gasteiger charge is -2.17. The van der Waals surface area contributed by atoms with E-state index in [0.29, 0.717) is 22.2 Å². The van der Waals surface area contributed by atoms with Crippen molar-refractivity contribution in [1.29, 1.82) is 0 Å². The molecule has 32 heavy (non-hydrogen) atoms. The molecule has 8 heteroatoms. The average molecular weight is 464 g/mol. The number of hydrogen-bond acceptors (Lipinski definition) is 6. The number of nitrogens with one attached hydrogen (secondary N) is 1. The summed E-state index contributed by atoms with van der Waals surface area (Å²) in [6.45, 7) is 2.48. The summed E-state index contributed by atoms with van der Waals surface area (Å²) < 4.78 is 11.1. The van der Waals surface area contributed by atoms with Gasteiger partial charge in [-0.1, -0.05) is 23.2 Å². The minimum atomic E-state index is -0.290. The van der Waals surface area contributed by atoms with Crippen LogP contribution in [0.5, 0.6) is 11.5 Å². The van der Waals surface area contributed by atoms with Crippen molar-refractivity contribution >= 4 is 46.0 Å². The van der Waals surface area contributed by atoms with Crippen molar-refractivity contribution in [2.24, 2.45) is 5.10 Å². The van der Waals surface area contributed by atoms with E-state index in [9.17, 15) is 4.79 Å². The van der Waals surface area contributed by atoms with Crippen molar-refractivity contribution in [3.63, 3.8) is 0 Å². The smallest absolute Gasteiger partial charge is 0.281 e. The van der Waals surface area contributed by atoms with Gasteiger partial charge in [-0.15, -0.1) is 11.3 Å². The summed E-state index contributed by atoms with van der Waals surface area (Å²) in [5.74, 6) is 1.27. The standard InChI is InChI=1S/C24H18ClN3O3S/c1-13-3-6-20-18(7-13)22-16(12-31-20)10-21(32-22)24(29)28-26-11-15-8-14-9-17(30-2)4-5-19(14)27-23(15)25/h3-11H,12H2,1-2H3,(H,28,29)/b26-11+. The van der Waals surface area contributed by atoms with E-state index in [4.69, 9.17) is 21.1 Å². The molecule has 0 saturated carbocycles. The number of pyridine rings is 1. The number of amides is 1. The van der Waals surface area contributed by atoms with Crippen molar-refractivity contribution < 1.29 is 14.3 Å². The number of fused-ring (bicyclic) bond motifs is 4. The Balaban J connectivity index is 1.36. The first-order valence-electron chi connectivity index (χ1n) is 9.86. The van der Waals surface area contributed by atoms with Gasteiger partial charge in [0.25, 0.3) is 5.91 Å². The molecule has 0 aliphatic carbocycles. The van der Waals surface area contributed by atoms with Gasteiger partial charge in [0.15, 0.2) is 0 Å². The maximum Gasteiger partial charge on any atom is 0.281 e. The highest BCUT2D eigenvalue weighted by Gasteiger charge is 2.22. The molecule has 160 valence electrons. The number of aromatic nitrogens is 1. The quantitative estimate of drug-likeness (QED) is 0.243. The van der Waals surface area contributed by atoms with Crippen LogP contribution < -0.4 is 14.9 Å². The Kier molecular flexibility index (Phi) is 5.28. The summed E-state index contributed by atoms with van der Waals surface area (Å²) in [6, 6.07) is 15.3. The minimum absolute atomic E-state index is 0.290. The molecule has 0 bridgehead atoms. The Hall–Kier alpha value is -3.42. The van der Waals surface area contributed by atoms with Crippen LogP contribution in [-0.2, 0) is 6.61 Å². The van der Waals surface area contributed by atoms with Crippen LogP contribution in [0.2, 0.25) is 5.15 Å². The van der Waals surface area contributed by atoms with E-state index in [1.165, 1.54) is 17.6 Å². The van der Waals surface area contributed by atoms with Crippen LogP contribution in [0, 0.1) is 6.92 Å². The molecule has 3 heterocycles. The van der Waals surface area contributed by atoms with Gasteiger partial charge in [-0.25, -0.2) is 10.4 Å². The van der Waals surface area contributed by atoms with E-state index in [2.05, 4.69) is 21.6 Å². The fourth-order valence-corrected chi connectivity index (χ4v) is 4.83. The van der Waals surface area contributed by atoms with E-state index in [-0.39, 0.29) is 5.91 Å². The number of rotatable bonds is 4. The summed E-state index contributed by atoms with van der Waals surface area (Å²) >= 11 is 7.71. The SMILES string of the molecule is COc1ccc2nc(Cl)c(/C=N/NC(=O)c3cc4c(s3)-c3cc(C)ccc3OC4)cc2c1. The molecular formula is C24H18ClN3O3S. The zero-order valence-electron chi connectivity index (χ0n) is 17.3. The number of nitrogens with zero attached hydrogens (tertiary/aromatic N) is 2. The first-order valence-corrected chi connectivity index (χ1v) is 11.1. The van der Waals surface area contributed by atoms with Crippen molar-refractivity contribution in [3.05, 3.63) is 75.3 Å². The molecule has 2 aromatic carbocycles. The van der Waals surface area contributed by atoms with E-state index >= 15 is 0 Å². The molecule has 1 amide bonds. The number of halogens is 1. The lowest BCUT2D eigenvalue weighted by atomic mass is 10.0. The maximum atomic E-state index is 12.7. The molecule has 0 unspecified atom stereocenters. The van der Waals surface area contributed by atoms with E-state index in [1.54, 1.807) is 7.11 Å². The van der Waals surface area contributed by atoms with Crippen molar-refractivity contribution in [2.45, 2.75) is 13.5 Å². The Bertz CT molecular complexity index is 1400. The normalized spacial score (nSPS) is 12.3. The van der Waals surface area contributed by atoms with Crippen LogP contribution >= 0.6 is 22.9 Å². The zero-order valence-corrected chi connectivity index (χ0v) is 18.9. The molecule has 1 aliphatic heterocycles. The maximum absolute atomic E-state index is 12.7. The number of hydrazone groups is 1. The second kappa shape index (κ2) is 8.26. The van der Waals surface area contributed by atoms with E-state index < -0.39 is 0 Å². The van der Waals surface area contributed by atoms with Gasteiger partial charge in [-0.2, -0.15) is 5.10 Å². The number of benzene rings is 2. The third-order valence-corrected chi connectivity index (χ3v) is 6.68. The number of carbonyl (C=O) groups excluding carboxylic acids is 1. The van der Waals surface area contributed by atoms with Gasteiger partial charge in [0.1, 0.15) is 23.3 Å². The molecule has 2 aromatic heterocycles. The number of thiophene rings is 1. The highest BCUT2D eigenvalue weighted by molar-refractivity contribution is 7.17. The molecule has 5 rings (SSSR count). The zero-order chi connectivity index (χ0) is 22.2. The molecule has 1 aliphatic rings. The van der Waals surface area contributed by atoms with Gasteiger partial charge >= 0.3 is 0 Å². The Morgan fingerprint density at radius 1 is 1.25 bits per heavy atom. The second-order valence-corrected chi connectivity index (χ2v) is 8.79. The molecule has 1 N–H and O–H groups in total. The Morgan fingerprint density at radius 2 is 2.12 bits per heavy atom. The third kappa shape index (κ3) is 3.81. The van der Waals surface area contributed by atoms with E-state index in [1.807, 2.05) is 49.4 Å². The predicted octanol–water partition coefficient (Wildman–Crippen LogP) is 5.59. The molecule has 0 spiro atoms. The van der Waals surface area contributed by atoms with Crippen LogP contribution in [0.4, 0.5) is 0 Å². The molecular weight excluding hydrogens is 446 g/mol. The number of aryl methyl sites for hydroxylation is 1. The molecule has 0 saturated heterocycles. The molecule has 0 fully saturated rings. The predicted molar refractivity (Wildman–Crippen MR) is 127 cm³/mol. The number of carbonyl (C=O) groups is 1. The molecule has 0 atom stereocenters. The lowest BCUT2D eigenvalue weighted by Crippen LogP contribution is -2.16. The van der Waals surface area contributed by atoms with Crippen molar-refractivity contribution in [1.82, 2.24) is 10.4 Å². The number of methoxy groups -OCH3 is 1. The molecule has 4 aromatic rings. The largest absolute Gasteiger partial charge is 0.497 e. The third-order valence-electron chi connectivity index (χ3n) is 5.17. The fourth-order valence-electron chi connectivity index (χ4n) is 3.56. The van der Waals surface area contributed by atoms with Gasteiger partial charge in [-0.05, 0) is 49.4 Å². The summed E-state index contributed by atoms with van der Waals surface area (Å²) in [4.78, 5) is 18.7. The first-order chi connectivity index (χ1) is 15.5. The summed E-state index contributed by atoms with van der Waals surface area (Å²) in [7, 11) is 1.61. The lowest BCUT2D eigenvalue weighted by molar-refractivity contribution is 0.0959. The highest BCUT2D eigenvalue weighted by atomic mass is 35.5. The van der Waals surface area contributed by atoms with Gasteiger partial charge in [0, 0.05) is 27.0 Å². The van der Waals surface area contributed by atoms with Crippen LogP contribution in [0.15, 0.2) is 53.6 Å². The number of ether oxygens (including phenoxy) is 2. The van der Waals surface area contributed by atoms with Crippen LogP contribution in [0.1, 0.15) is 26.4 Å². The van der Waals surface area contributed by atoms with E-state index in [0.717, 1.165) is 44.0 Å². The second-order valence-electron chi connectivity index (χ2n) is 7.38. The van der Waals surface area contributed by atoms with Crippen LogP contribution in [0.3, 0.4) is 0 Å². The average Bonchev–Trinajstić information content (AvgIpc) is 3.24. The summed E-state index contributed by atoms with van der Waals surface area (Å²) in [6.07, 6.45) is 1.49. The summed E-state index contributed by atoms with van der Waals surface area (Å²) in [5, 5.41) is 5.25. The Labute approximate surface area is 193 Å². The topological polar surface area (TPSA) is 72.8 Å². The van der Waals surface area contributed by atoms with Crippen molar-refractivity contribution in [2.75, 3.05) is 7.11 Å². The fraction of sp³-hybridized carbons (Fsp3) is 0.125. The monoisotopic (exact) mass is 463 g/mol. The minimum Gasteiger partial charge on any atom is -0.497 e.